The zero-order valence-electron chi connectivity index (χ0n) is 17.0. The number of nitrogens with one attached hydrogen (secondary N) is 1. The van der Waals surface area contributed by atoms with E-state index in [0.29, 0.717) is 11.4 Å². The van der Waals surface area contributed by atoms with Crippen molar-refractivity contribution < 1.29 is 19.4 Å². The molecule has 2 N–H and O–H groups in total. The van der Waals surface area contributed by atoms with E-state index >= 15 is 0 Å². The van der Waals surface area contributed by atoms with Crippen molar-refractivity contribution in [2.45, 2.75) is 0 Å². The third-order valence-corrected chi connectivity index (χ3v) is 6.23. The molecule has 0 unspecified atom stereocenters. The van der Waals surface area contributed by atoms with Crippen molar-refractivity contribution in [3.05, 3.63) is 70.4 Å². The standard InChI is InChI=1S/C24H24N2O4S/c27-23(25-8-9-26-10-12-30-13-11-26)22-15-21(16-31-22)18-6-4-17(5-7-18)19-2-1-3-20(14-19)24(28)29/h1-7,14-16H,8-13H2,(H,25,27)(H,28,29). The molecule has 160 valence electrons. The summed E-state index contributed by atoms with van der Waals surface area (Å²) in [5.74, 6) is -0.987. The first-order chi connectivity index (χ1) is 15.1. The minimum Gasteiger partial charge on any atom is -0.478 e. The molecule has 1 aliphatic heterocycles. The van der Waals surface area contributed by atoms with Crippen molar-refractivity contribution in [3.8, 4) is 22.3 Å². The molecule has 2 heterocycles. The first-order valence-corrected chi connectivity index (χ1v) is 11.1. The molecule has 4 rings (SSSR count). The van der Waals surface area contributed by atoms with Gasteiger partial charge < -0.3 is 15.2 Å². The molecule has 0 spiro atoms. The predicted molar refractivity (Wildman–Crippen MR) is 122 cm³/mol. The van der Waals surface area contributed by atoms with Crippen LogP contribution in [0.2, 0.25) is 0 Å². The van der Waals surface area contributed by atoms with E-state index in [0.717, 1.165) is 55.1 Å². The molecule has 1 amide bonds. The number of benzene rings is 2. The van der Waals surface area contributed by atoms with Crippen LogP contribution in [0.4, 0.5) is 0 Å². The number of carbonyl (C=O) groups excluding carboxylic acids is 1. The number of carboxylic acid groups (broad SMARTS) is 1. The second-order valence-corrected chi connectivity index (χ2v) is 8.28. The van der Waals surface area contributed by atoms with Crippen LogP contribution in [-0.4, -0.2) is 61.3 Å². The third kappa shape index (κ3) is 5.38. The number of carbonyl (C=O) groups is 2. The first kappa shape index (κ1) is 21.2. The normalized spacial score (nSPS) is 14.3. The number of carboxylic acids is 1. The van der Waals surface area contributed by atoms with E-state index in [2.05, 4.69) is 10.2 Å². The number of morpholine rings is 1. The largest absolute Gasteiger partial charge is 0.478 e. The summed E-state index contributed by atoms with van der Waals surface area (Å²) >= 11 is 1.43. The molecule has 1 fully saturated rings. The zero-order chi connectivity index (χ0) is 21.6. The lowest BCUT2D eigenvalue weighted by molar-refractivity contribution is 0.0383. The summed E-state index contributed by atoms with van der Waals surface area (Å²) in [5, 5.41) is 14.2. The number of amides is 1. The lowest BCUT2D eigenvalue weighted by atomic mass is 10.00. The maximum absolute atomic E-state index is 12.5. The van der Waals surface area contributed by atoms with Crippen LogP contribution in [0, 0.1) is 0 Å². The van der Waals surface area contributed by atoms with E-state index in [9.17, 15) is 14.7 Å². The molecule has 1 aromatic heterocycles. The van der Waals surface area contributed by atoms with Crippen LogP contribution in [0.3, 0.4) is 0 Å². The fourth-order valence-electron chi connectivity index (χ4n) is 3.53. The molecule has 0 radical (unpaired) electrons. The second kappa shape index (κ2) is 9.87. The number of hydrogen-bond acceptors (Lipinski definition) is 5. The molecule has 6 nitrogen and oxygen atoms in total. The Morgan fingerprint density at radius 1 is 0.968 bits per heavy atom. The minimum absolute atomic E-state index is 0.0494. The van der Waals surface area contributed by atoms with Crippen molar-refractivity contribution in [2.24, 2.45) is 0 Å². The fraction of sp³-hybridized carbons (Fsp3) is 0.250. The van der Waals surface area contributed by atoms with Crippen LogP contribution in [0.15, 0.2) is 60.0 Å². The summed E-state index contributed by atoms with van der Waals surface area (Å²) in [6, 6.07) is 16.7. The SMILES string of the molecule is O=C(O)c1cccc(-c2ccc(-c3csc(C(=O)NCCN4CCOCC4)c3)cc2)c1. The molecule has 31 heavy (non-hydrogen) atoms. The molecule has 2 aromatic carbocycles. The Morgan fingerprint density at radius 3 is 2.39 bits per heavy atom. The number of hydrogen-bond donors (Lipinski definition) is 2. The monoisotopic (exact) mass is 436 g/mol. The second-order valence-electron chi connectivity index (χ2n) is 7.37. The lowest BCUT2D eigenvalue weighted by Gasteiger charge is -2.26. The van der Waals surface area contributed by atoms with Crippen molar-refractivity contribution in [1.82, 2.24) is 10.2 Å². The van der Waals surface area contributed by atoms with Crippen molar-refractivity contribution in [1.29, 1.82) is 0 Å². The zero-order valence-corrected chi connectivity index (χ0v) is 17.9. The lowest BCUT2D eigenvalue weighted by Crippen LogP contribution is -2.41. The van der Waals surface area contributed by atoms with Gasteiger partial charge in [-0.3, -0.25) is 9.69 Å². The highest BCUT2D eigenvalue weighted by molar-refractivity contribution is 7.12. The van der Waals surface area contributed by atoms with Crippen LogP contribution in [0.25, 0.3) is 22.3 Å². The molecule has 0 saturated carbocycles. The number of aromatic carboxylic acids is 1. The van der Waals surface area contributed by atoms with Gasteiger partial charge in [0.25, 0.3) is 5.91 Å². The number of nitrogens with zero attached hydrogens (tertiary/aromatic N) is 1. The predicted octanol–water partition coefficient (Wildman–Crippen LogP) is 3.84. The molecule has 0 atom stereocenters. The van der Waals surface area contributed by atoms with E-state index < -0.39 is 5.97 Å². The molecule has 7 heteroatoms. The molecular weight excluding hydrogens is 412 g/mol. The van der Waals surface area contributed by atoms with Gasteiger partial charge >= 0.3 is 5.97 Å². The van der Waals surface area contributed by atoms with Crippen molar-refractivity contribution in [3.63, 3.8) is 0 Å². The molecule has 3 aromatic rings. The Labute approximate surface area is 185 Å². The van der Waals surface area contributed by atoms with E-state index in [1.54, 1.807) is 18.2 Å². The quantitative estimate of drug-likeness (QED) is 0.588. The van der Waals surface area contributed by atoms with E-state index in [1.807, 2.05) is 41.8 Å². The minimum atomic E-state index is -0.938. The first-order valence-electron chi connectivity index (χ1n) is 10.2. The summed E-state index contributed by atoms with van der Waals surface area (Å²) in [5.41, 5.74) is 4.08. The van der Waals surface area contributed by atoms with Crippen molar-refractivity contribution >= 4 is 23.2 Å². The average molecular weight is 437 g/mol. The Kier molecular flexibility index (Phi) is 6.76. The van der Waals surface area contributed by atoms with Gasteiger partial charge in [0.1, 0.15) is 0 Å². The molecule has 0 aliphatic carbocycles. The van der Waals surface area contributed by atoms with Gasteiger partial charge in [0, 0.05) is 26.2 Å². The maximum Gasteiger partial charge on any atom is 0.335 e. The highest BCUT2D eigenvalue weighted by Crippen LogP contribution is 2.28. The Morgan fingerprint density at radius 2 is 1.68 bits per heavy atom. The smallest absolute Gasteiger partial charge is 0.335 e. The highest BCUT2D eigenvalue weighted by atomic mass is 32.1. The summed E-state index contributed by atoms with van der Waals surface area (Å²) in [7, 11) is 0. The van der Waals surface area contributed by atoms with Gasteiger partial charge in [-0.1, -0.05) is 36.4 Å². The Balaban J connectivity index is 1.37. The number of thiophene rings is 1. The number of ether oxygens (including phenoxy) is 1. The van der Waals surface area contributed by atoms with Crippen LogP contribution in [-0.2, 0) is 4.74 Å². The van der Waals surface area contributed by atoms with Gasteiger partial charge in [0.15, 0.2) is 0 Å². The summed E-state index contributed by atoms with van der Waals surface area (Å²) in [6.07, 6.45) is 0. The Hall–Kier alpha value is -3.00. The fourth-order valence-corrected chi connectivity index (χ4v) is 4.37. The van der Waals surface area contributed by atoms with E-state index in [1.165, 1.54) is 11.3 Å². The summed E-state index contributed by atoms with van der Waals surface area (Å²) < 4.78 is 5.34. The van der Waals surface area contributed by atoms with Gasteiger partial charge in [-0.25, -0.2) is 4.79 Å². The molecule has 0 bridgehead atoms. The van der Waals surface area contributed by atoms with Gasteiger partial charge in [-0.15, -0.1) is 11.3 Å². The maximum atomic E-state index is 12.5. The molecular formula is C24H24N2O4S. The van der Waals surface area contributed by atoms with Crippen molar-refractivity contribution in [2.75, 3.05) is 39.4 Å². The van der Waals surface area contributed by atoms with Crippen LogP contribution >= 0.6 is 11.3 Å². The summed E-state index contributed by atoms with van der Waals surface area (Å²) in [6.45, 7) is 4.79. The molecule has 1 saturated heterocycles. The van der Waals surface area contributed by atoms with E-state index in [4.69, 9.17) is 4.74 Å². The van der Waals surface area contributed by atoms with Gasteiger partial charge in [-0.05, 0) is 45.8 Å². The highest BCUT2D eigenvalue weighted by Gasteiger charge is 2.13. The van der Waals surface area contributed by atoms with Gasteiger partial charge in [0.05, 0.1) is 23.7 Å². The molecule has 1 aliphatic rings. The van der Waals surface area contributed by atoms with Crippen LogP contribution < -0.4 is 5.32 Å². The summed E-state index contributed by atoms with van der Waals surface area (Å²) in [4.78, 5) is 26.6. The topological polar surface area (TPSA) is 78.9 Å². The number of rotatable bonds is 7. The van der Waals surface area contributed by atoms with Crippen LogP contribution in [0.1, 0.15) is 20.0 Å². The van der Waals surface area contributed by atoms with Gasteiger partial charge in [0.2, 0.25) is 0 Å². The van der Waals surface area contributed by atoms with Gasteiger partial charge in [-0.2, -0.15) is 0 Å². The average Bonchev–Trinajstić information content (AvgIpc) is 3.30. The third-order valence-electron chi connectivity index (χ3n) is 5.30. The van der Waals surface area contributed by atoms with Crippen LogP contribution in [0.5, 0.6) is 0 Å². The Bertz CT molecular complexity index is 1060. The van der Waals surface area contributed by atoms with E-state index in [-0.39, 0.29) is 11.5 Å².